The Morgan fingerprint density at radius 3 is 2.59 bits per heavy atom. The van der Waals surface area contributed by atoms with Crippen molar-refractivity contribution in [3.63, 3.8) is 0 Å². The van der Waals surface area contributed by atoms with Gasteiger partial charge < -0.3 is 0 Å². The Labute approximate surface area is 133 Å². The molecular formula is C14H15N3O3S2. The van der Waals surface area contributed by atoms with Crippen LogP contribution in [0.15, 0.2) is 48.0 Å². The third kappa shape index (κ3) is 4.00. The molecule has 0 bridgehead atoms. The summed E-state index contributed by atoms with van der Waals surface area (Å²) in [4.78, 5) is 17.2. The summed E-state index contributed by atoms with van der Waals surface area (Å²) in [5.41, 5.74) is 0.357. The zero-order valence-corrected chi connectivity index (χ0v) is 13.5. The molecule has 2 aromatic rings. The molecule has 1 aromatic carbocycles. The van der Waals surface area contributed by atoms with Gasteiger partial charge in [0.25, 0.3) is 5.91 Å². The van der Waals surface area contributed by atoms with Gasteiger partial charge in [-0.25, -0.2) is 18.1 Å². The van der Waals surface area contributed by atoms with Crippen molar-refractivity contribution in [2.75, 3.05) is 11.9 Å². The van der Waals surface area contributed by atoms with E-state index in [1.54, 1.807) is 6.20 Å². The van der Waals surface area contributed by atoms with Crippen molar-refractivity contribution in [2.45, 2.75) is 11.8 Å². The number of anilines is 1. The number of nitrogens with one attached hydrogen (secondary N) is 2. The van der Waals surface area contributed by atoms with Gasteiger partial charge in [0, 0.05) is 23.2 Å². The second kappa shape index (κ2) is 6.82. The molecule has 0 aliphatic rings. The average Bonchev–Trinajstić information content (AvgIpc) is 2.90. The van der Waals surface area contributed by atoms with Crippen molar-refractivity contribution in [3.05, 3.63) is 53.6 Å². The molecule has 8 heteroatoms. The average molecular weight is 337 g/mol. The first-order valence-corrected chi connectivity index (χ1v) is 8.67. The van der Waals surface area contributed by atoms with E-state index in [1.165, 1.54) is 41.7 Å². The first-order valence-electron chi connectivity index (χ1n) is 6.37. The van der Waals surface area contributed by atoms with Crippen LogP contribution in [-0.4, -0.2) is 25.9 Å². The summed E-state index contributed by atoms with van der Waals surface area (Å²) in [6, 6.07) is 5.68. The number of thiazole rings is 1. The summed E-state index contributed by atoms with van der Waals surface area (Å²) in [5.74, 6) is -0.336. The van der Waals surface area contributed by atoms with Gasteiger partial charge in [0.1, 0.15) is 0 Å². The van der Waals surface area contributed by atoms with Gasteiger partial charge >= 0.3 is 0 Å². The maximum Gasteiger partial charge on any atom is 0.257 e. The van der Waals surface area contributed by atoms with E-state index in [9.17, 15) is 13.2 Å². The zero-order valence-electron chi connectivity index (χ0n) is 11.9. The first kappa shape index (κ1) is 16.3. The fourth-order valence-electron chi connectivity index (χ4n) is 1.62. The van der Waals surface area contributed by atoms with Crippen LogP contribution in [0.3, 0.4) is 0 Å². The lowest BCUT2D eigenvalue weighted by Gasteiger charge is -2.06. The molecule has 1 aromatic heterocycles. The van der Waals surface area contributed by atoms with Gasteiger partial charge in [0.2, 0.25) is 10.0 Å². The predicted molar refractivity (Wildman–Crippen MR) is 86.6 cm³/mol. The number of amides is 1. The van der Waals surface area contributed by atoms with Crippen LogP contribution >= 0.6 is 11.3 Å². The number of hydrogen-bond donors (Lipinski definition) is 2. The Morgan fingerprint density at radius 2 is 2.05 bits per heavy atom. The largest absolute Gasteiger partial charge is 0.298 e. The highest BCUT2D eigenvalue weighted by Crippen LogP contribution is 2.18. The molecule has 0 saturated heterocycles. The van der Waals surface area contributed by atoms with Crippen LogP contribution in [0.25, 0.3) is 0 Å². The van der Waals surface area contributed by atoms with Crippen molar-refractivity contribution in [2.24, 2.45) is 0 Å². The van der Waals surface area contributed by atoms with E-state index in [1.807, 2.05) is 6.92 Å². The van der Waals surface area contributed by atoms with E-state index in [0.717, 1.165) is 4.88 Å². The molecule has 22 heavy (non-hydrogen) atoms. The van der Waals surface area contributed by atoms with Gasteiger partial charge in [0.15, 0.2) is 5.13 Å². The predicted octanol–water partition coefficient (Wildman–Crippen LogP) is 2.17. The highest BCUT2D eigenvalue weighted by Gasteiger charge is 2.14. The molecule has 1 amide bonds. The topological polar surface area (TPSA) is 88.2 Å². The van der Waals surface area contributed by atoms with E-state index in [0.29, 0.717) is 10.7 Å². The van der Waals surface area contributed by atoms with E-state index >= 15 is 0 Å². The van der Waals surface area contributed by atoms with Crippen molar-refractivity contribution in [1.29, 1.82) is 0 Å². The third-order valence-electron chi connectivity index (χ3n) is 2.69. The van der Waals surface area contributed by atoms with Gasteiger partial charge in [-0.2, -0.15) is 0 Å². The molecule has 0 aliphatic carbocycles. The Morgan fingerprint density at radius 1 is 1.36 bits per heavy atom. The molecule has 0 unspecified atom stereocenters. The number of hydrogen-bond acceptors (Lipinski definition) is 5. The normalized spacial score (nSPS) is 11.1. The Hall–Kier alpha value is -2.03. The van der Waals surface area contributed by atoms with Crippen molar-refractivity contribution in [3.8, 4) is 0 Å². The molecule has 0 radical (unpaired) electrons. The number of nitrogens with zero attached hydrogens (tertiary/aromatic N) is 1. The zero-order chi connectivity index (χ0) is 16.2. The molecule has 2 rings (SSSR count). The number of rotatable bonds is 6. The van der Waals surface area contributed by atoms with Crippen LogP contribution in [0.1, 0.15) is 15.2 Å². The lowest BCUT2D eigenvalue weighted by molar-refractivity contribution is 0.102. The number of sulfonamides is 1. The fraction of sp³-hybridized carbons (Fsp3) is 0.143. The minimum atomic E-state index is -3.58. The van der Waals surface area contributed by atoms with Gasteiger partial charge in [0.05, 0.1) is 4.90 Å². The second-order valence-electron chi connectivity index (χ2n) is 4.40. The molecule has 0 spiro atoms. The van der Waals surface area contributed by atoms with Gasteiger partial charge in [-0.1, -0.05) is 6.08 Å². The maximum atomic E-state index is 12.0. The molecule has 6 nitrogen and oxygen atoms in total. The first-order chi connectivity index (χ1) is 10.4. The van der Waals surface area contributed by atoms with Crippen LogP contribution in [0.2, 0.25) is 0 Å². The van der Waals surface area contributed by atoms with Crippen molar-refractivity contribution in [1.82, 2.24) is 9.71 Å². The molecule has 0 saturated carbocycles. The standard InChI is InChI=1S/C14H15N3O3S2/c1-3-8-16-22(19,20)12-6-4-11(5-7-12)13(18)17-14-15-9-10(2)21-14/h3-7,9,16H,1,8H2,2H3,(H,15,17,18). The molecular weight excluding hydrogens is 322 g/mol. The van der Waals surface area contributed by atoms with Gasteiger partial charge in [-0.05, 0) is 31.2 Å². The number of carbonyl (C=O) groups is 1. The smallest absolute Gasteiger partial charge is 0.257 e. The fourth-order valence-corrected chi connectivity index (χ4v) is 3.28. The molecule has 0 fully saturated rings. The van der Waals surface area contributed by atoms with E-state index in [-0.39, 0.29) is 17.3 Å². The minimum absolute atomic E-state index is 0.0935. The summed E-state index contributed by atoms with van der Waals surface area (Å²) in [5, 5.41) is 3.17. The van der Waals surface area contributed by atoms with Crippen LogP contribution < -0.4 is 10.0 Å². The molecule has 116 valence electrons. The van der Waals surface area contributed by atoms with Crippen LogP contribution in [-0.2, 0) is 10.0 Å². The number of aromatic nitrogens is 1. The maximum absolute atomic E-state index is 12.0. The van der Waals surface area contributed by atoms with Crippen LogP contribution in [0.4, 0.5) is 5.13 Å². The number of aryl methyl sites for hydroxylation is 1. The Kier molecular flexibility index (Phi) is 5.07. The highest BCUT2D eigenvalue weighted by atomic mass is 32.2. The van der Waals surface area contributed by atoms with E-state index < -0.39 is 10.0 Å². The molecule has 2 N–H and O–H groups in total. The van der Waals surface area contributed by atoms with Gasteiger partial charge in [-0.3, -0.25) is 10.1 Å². The lowest BCUT2D eigenvalue weighted by atomic mass is 10.2. The lowest BCUT2D eigenvalue weighted by Crippen LogP contribution is -2.23. The highest BCUT2D eigenvalue weighted by molar-refractivity contribution is 7.89. The Balaban J connectivity index is 2.11. The van der Waals surface area contributed by atoms with Crippen molar-refractivity contribution < 1.29 is 13.2 Å². The summed E-state index contributed by atoms with van der Waals surface area (Å²) in [6.45, 7) is 5.49. The minimum Gasteiger partial charge on any atom is -0.298 e. The summed E-state index contributed by atoms with van der Waals surface area (Å²) in [7, 11) is -3.58. The summed E-state index contributed by atoms with van der Waals surface area (Å²) in [6.07, 6.45) is 3.12. The summed E-state index contributed by atoms with van der Waals surface area (Å²) < 4.78 is 26.2. The second-order valence-corrected chi connectivity index (χ2v) is 7.40. The van der Waals surface area contributed by atoms with Crippen molar-refractivity contribution >= 4 is 32.4 Å². The molecule has 0 aliphatic heterocycles. The summed E-state index contributed by atoms with van der Waals surface area (Å²) >= 11 is 1.37. The van der Waals surface area contributed by atoms with Gasteiger partial charge in [-0.15, -0.1) is 17.9 Å². The number of benzene rings is 1. The monoisotopic (exact) mass is 337 g/mol. The van der Waals surface area contributed by atoms with E-state index in [4.69, 9.17) is 0 Å². The number of carbonyl (C=O) groups excluding carboxylic acids is 1. The van der Waals surface area contributed by atoms with Crippen LogP contribution in [0, 0.1) is 6.92 Å². The third-order valence-corrected chi connectivity index (χ3v) is 4.95. The molecule has 1 heterocycles. The Bertz CT molecular complexity index is 780. The van der Waals surface area contributed by atoms with E-state index in [2.05, 4.69) is 21.6 Å². The SMILES string of the molecule is C=CCNS(=O)(=O)c1ccc(C(=O)Nc2ncc(C)s2)cc1. The van der Waals surface area contributed by atoms with Crippen LogP contribution in [0.5, 0.6) is 0 Å². The molecule has 0 atom stereocenters. The quantitative estimate of drug-likeness (QED) is 0.791.